The lowest BCUT2D eigenvalue weighted by molar-refractivity contribution is -0.121. The topological polar surface area (TPSA) is 53.0 Å². The maximum Gasteiger partial charge on any atom is 0.229 e. The minimum absolute atomic E-state index is 0.00850. The molecule has 0 saturated carbocycles. The van der Waals surface area contributed by atoms with Crippen LogP contribution in [0.3, 0.4) is 0 Å². The lowest BCUT2D eigenvalue weighted by Crippen LogP contribution is -2.39. The second kappa shape index (κ2) is 10.6. The van der Waals surface area contributed by atoms with Gasteiger partial charge in [0, 0.05) is 37.8 Å². The fourth-order valence-corrected chi connectivity index (χ4v) is 4.76. The number of fused-ring (bicyclic) bond motifs is 1. The van der Waals surface area contributed by atoms with Crippen LogP contribution in [0, 0.1) is 5.92 Å². The molecule has 0 radical (unpaired) electrons. The van der Waals surface area contributed by atoms with E-state index in [0.717, 1.165) is 56.6 Å². The van der Waals surface area contributed by atoms with E-state index in [1.165, 1.54) is 11.1 Å². The van der Waals surface area contributed by atoms with Crippen LogP contribution >= 0.6 is 0 Å². The molecule has 1 fully saturated rings. The van der Waals surface area contributed by atoms with Gasteiger partial charge >= 0.3 is 0 Å². The van der Waals surface area contributed by atoms with Gasteiger partial charge in [0.2, 0.25) is 5.91 Å². The largest absolute Gasteiger partial charge is 0.387 e. The summed E-state index contributed by atoms with van der Waals surface area (Å²) in [6.45, 7) is 7.87. The Hall–Kier alpha value is -2.21. The molecule has 2 aromatic rings. The minimum atomic E-state index is -0.515. The molecule has 32 heavy (non-hydrogen) atoms. The van der Waals surface area contributed by atoms with Crippen molar-refractivity contribution in [1.29, 1.82) is 0 Å². The Kier molecular flexibility index (Phi) is 7.61. The zero-order valence-corrected chi connectivity index (χ0v) is 19.4. The summed E-state index contributed by atoms with van der Waals surface area (Å²) >= 11 is 0. The molecule has 0 aliphatic carbocycles. The third-order valence-corrected chi connectivity index (χ3v) is 6.66. The summed E-state index contributed by atoms with van der Waals surface area (Å²) in [4.78, 5) is 16.8. The van der Waals surface area contributed by atoms with Crippen LogP contribution in [-0.2, 0) is 22.6 Å². The first-order valence-corrected chi connectivity index (χ1v) is 12.0. The van der Waals surface area contributed by atoms with E-state index in [0.29, 0.717) is 13.2 Å². The molecular formula is C27H36N2O3. The molecule has 4 rings (SSSR count). The van der Waals surface area contributed by atoms with Crippen LogP contribution in [-0.4, -0.2) is 48.2 Å². The van der Waals surface area contributed by atoms with Gasteiger partial charge in [0.05, 0.1) is 18.8 Å². The highest BCUT2D eigenvalue weighted by Crippen LogP contribution is 2.31. The molecule has 5 nitrogen and oxygen atoms in total. The Morgan fingerprint density at radius 1 is 1.09 bits per heavy atom. The number of aliphatic hydroxyl groups excluding tert-OH is 1. The molecule has 0 unspecified atom stereocenters. The Labute approximate surface area is 192 Å². The van der Waals surface area contributed by atoms with E-state index in [-0.39, 0.29) is 17.9 Å². The first-order chi connectivity index (χ1) is 15.5. The lowest BCUT2D eigenvalue weighted by atomic mass is 9.96. The van der Waals surface area contributed by atoms with Crippen LogP contribution in [0.15, 0.2) is 48.5 Å². The number of aryl methyl sites for hydroxylation is 1. The van der Waals surface area contributed by atoms with Crippen LogP contribution in [0.5, 0.6) is 0 Å². The maximum atomic E-state index is 12.6. The number of likely N-dealkylation sites (tertiary alicyclic amines) is 1. The quantitative estimate of drug-likeness (QED) is 0.702. The normalized spacial score (nSPS) is 18.6. The van der Waals surface area contributed by atoms with Gasteiger partial charge in [0.25, 0.3) is 0 Å². The molecule has 2 heterocycles. The molecule has 2 aliphatic rings. The molecule has 0 bridgehead atoms. The number of anilines is 1. The number of ether oxygens (including phenoxy) is 1. The number of β-amino-alcohol motifs (C(OH)–C–C–N with tert-alkyl or cyclic N) is 1. The molecular weight excluding hydrogens is 400 g/mol. The number of rotatable bonds is 7. The number of benzene rings is 2. The number of hydrogen-bond acceptors (Lipinski definition) is 4. The van der Waals surface area contributed by atoms with Crippen molar-refractivity contribution in [2.45, 2.75) is 58.3 Å². The minimum Gasteiger partial charge on any atom is -0.387 e. The van der Waals surface area contributed by atoms with Gasteiger partial charge in [0.15, 0.2) is 0 Å². The predicted molar refractivity (Wildman–Crippen MR) is 128 cm³/mol. The van der Waals surface area contributed by atoms with E-state index in [4.69, 9.17) is 4.74 Å². The highest BCUT2D eigenvalue weighted by Gasteiger charge is 2.26. The number of aliphatic hydroxyl groups is 1. The Morgan fingerprint density at radius 2 is 1.84 bits per heavy atom. The van der Waals surface area contributed by atoms with Gasteiger partial charge in [-0.05, 0) is 48.4 Å². The van der Waals surface area contributed by atoms with Gasteiger partial charge in [-0.3, -0.25) is 4.79 Å². The summed E-state index contributed by atoms with van der Waals surface area (Å²) in [5.74, 6) is 0.169. The Balaban J connectivity index is 1.29. The summed E-state index contributed by atoms with van der Waals surface area (Å²) in [7, 11) is 0. The van der Waals surface area contributed by atoms with E-state index in [9.17, 15) is 9.90 Å². The molecule has 0 spiro atoms. The van der Waals surface area contributed by atoms with Gasteiger partial charge in [0.1, 0.15) is 0 Å². The van der Waals surface area contributed by atoms with Gasteiger partial charge in [-0.2, -0.15) is 0 Å². The zero-order valence-electron chi connectivity index (χ0n) is 19.4. The van der Waals surface area contributed by atoms with Crippen LogP contribution in [0.1, 0.15) is 55.9 Å². The number of piperidine rings is 1. The third-order valence-electron chi connectivity index (χ3n) is 6.66. The van der Waals surface area contributed by atoms with Crippen molar-refractivity contribution < 1.29 is 14.6 Å². The molecule has 1 amide bonds. The molecule has 1 N–H and O–H groups in total. The van der Waals surface area contributed by atoms with E-state index >= 15 is 0 Å². The second-order valence-electron chi connectivity index (χ2n) is 9.45. The van der Waals surface area contributed by atoms with E-state index in [1.807, 2.05) is 49.1 Å². The van der Waals surface area contributed by atoms with E-state index < -0.39 is 6.10 Å². The number of amides is 1. The van der Waals surface area contributed by atoms with Crippen LogP contribution < -0.4 is 4.90 Å². The summed E-state index contributed by atoms with van der Waals surface area (Å²) in [6, 6.07) is 16.4. The van der Waals surface area contributed by atoms with Crippen LogP contribution in [0.2, 0.25) is 0 Å². The SMILES string of the molecule is CC(C)C(=O)N1CCCc2cc([C@H](O)CN3CCC(OCc4ccccc4)CC3)ccc21. The van der Waals surface area contributed by atoms with E-state index in [2.05, 4.69) is 23.1 Å². The molecule has 1 atom stereocenters. The van der Waals surface area contributed by atoms with Crippen molar-refractivity contribution in [2.24, 2.45) is 5.92 Å². The Bertz CT molecular complexity index is 891. The van der Waals surface area contributed by atoms with Gasteiger partial charge in [-0.25, -0.2) is 0 Å². The van der Waals surface area contributed by atoms with E-state index in [1.54, 1.807) is 0 Å². The van der Waals surface area contributed by atoms with Crippen molar-refractivity contribution in [2.75, 3.05) is 31.1 Å². The third kappa shape index (κ3) is 5.58. The standard InChI is InChI=1S/C27H36N2O3/c1-20(2)27(31)29-14-6-9-22-17-23(10-11-25(22)29)26(30)18-28-15-12-24(13-16-28)32-19-21-7-4-3-5-8-21/h3-5,7-8,10-11,17,20,24,26,30H,6,9,12-16,18-19H2,1-2H3/t26-/m1/s1. The highest BCUT2D eigenvalue weighted by atomic mass is 16.5. The van der Waals surface area contributed by atoms with Crippen LogP contribution in [0.25, 0.3) is 0 Å². The van der Waals surface area contributed by atoms with Crippen molar-refractivity contribution in [1.82, 2.24) is 4.90 Å². The van der Waals surface area contributed by atoms with Crippen molar-refractivity contribution in [3.05, 3.63) is 65.2 Å². The summed E-state index contributed by atoms with van der Waals surface area (Å²) in [5, 5.41) is 10.9. The number of nitrogens with zero attached hydrogens (tertiary/aromatic N) is 2. The average molecular weight is 437 g/mol. The molecule has 5 heteroatoms. The fourth-order valence-electron chi connectivity index (χ4n) is 4.76. The summed E-state index contributed by atoms with van der Waals surface area (Å²) in [5.41, 5.74) is 4.36. The molecule has 2 aliphatic heterocycles. The van der Waals surface area contributed by atoms with Crippen LogP contribution in [0.4, 0.5) is 5.69 Å². The number of carbonyl (C=O) groups is 1. The van der Waals surface area contributed by atoms with Crippen molar-refractivity contribution >= 4 is 11.6 Å². The van der Waals surface area contributed by atoms with Gasteiger partial charge in [-0.1, -0.05) is 56.3 Å². The Morgan fingerprint density at radius 3 is 2.56 bits per heavy atom. The maximum absolute atomic E-state index is 12.6. The number of hydrogen-bond donors (Lipinski definition) is 1. The summed E-state index contributed by atoms with van der Waals surface area (Å²) < 4.78 is 6.09. The highest BCUT2D eigenvalue weighted by molar-refractivity contribution is 5.95. The van der Waals surface area contributed by atoms with Crippen molar-refractivity contribution in [3.8, 4) is 0 Å². The second-order valence-corrected chi connectivity index (χ2v) is 9.45. The molecule has 2 aromatic carbocycles. The monoisotopic (exact) mass is 436 g/mol. The predicted octanol–water partition coefficient (Wildman–Crippen LogP) is 4.34. The zero-order chi connectivity index (χ0) is 22.5. The summed E-state index contributed by atoms with van der Waals surface area (Å²) in [6.07, 6.45) is 3.70. The smallest absolute Gasteiger partial charge is 0.229 e. The fraction of sp³-hybridized carbons (Fsp3) is 0.519. The van der Waals surface area contributed by atoms with Gasteiger partial charge < -0.3 is 19.6 Å². The molecule has 172 valence electrons. The first kappa shape index (κ1) is 23.0. The van der Waals surface area contributed by atoms with Crippen molar-refractivity contribution in [3.63, 3.8) is 0 Å². The first-order valence-electron chi connectivity index (χ1n) is 12.0. The van der Waals surface area contributed by atoms with Gasteiger partial charge in [-0.15, -0.1) is 0 Å². The average Bonchev–Trinajstić information content (AvgIpc) is 2.83. The molecule has 0 aromatic heterocycles. The molecule has 1 saturated heterocycles. The lowest BCUT2D eigenvalue weighted by Gasteiger charge is -2.34. The number of carbonyl (C=O) groups excluding carboxylic acids is 1.